The highest BCUT2D eigenvalue weighted by atomic mass is 16.2. The van der Waals surface area contributed by atoms with E-state index in [4.69, 9.17) is 0 Å². The maximum absolute atomic E-state index is 12.8. The lowest BCUT2D eigenvalue weighted by atomic mass is 10.0. The van der Waals surface area contributed by atoms with Crippen LogP contribution in [0, 0.1) is 0 Å². The molecule has 7 heteroatoms. The summed E-state index contributed by atoms with van der Waals surface area (Å²) < 4.78 is 0. The van der Waals surface area contributed by atoms with Crippen molar-refractivity contribution in [3.63, 3.8) is 0 Å². The first-order valence-electron chi connectivity index (χ1n) is 12.1. The van der Waals surface area contributed by atoms with Crippen molar-refractivity contribution in [1.29, 1.82) is 0 Å². The molecular weight excluding hydrogens is 414 g/mol. The van der Waals surface area contributed by atoms with E-state index in [1.807, 2.05) is 29.3 Å². The van der Waals surface area contributed by atoms with Gasteiger partial charge in [-0.1, -0.05) is 26.8 Å². The summed E-state index contributed by atoms with van der Waals surface area (Å²) in [6.07, 6.45) is 9.86. The van der Waals surface area contributed by atoms with Crippen molar-refractivity contribution >= 4 is 11.6 Å². The second-order valence-corrected chi connectivity index (χ2v) is 8.82. The Hall–Kier alpha value is -2.93. The molecule has 1 amide bonds. The average molecular weight is 452 g/mol. The number of anilines is 1. The molecule has 2 aromatic rings. The number of H-pyrrole nitrogens is 1. The molecule has 2 aromatic heterocycles. The topological polar surface area (TPSA) is 81.3 Å². The van der Waals surface area contributed by atoms with Gasteiger partial charge in [0.1, 0.15) is 5.69 Å². The highest BCUT2D eigenvalue weighted by molar-refractivity contribution is 5.87. The van der Waals surface area contributed by atoms with Crippen molar-refractivity contribution in [1.82, 2.24) is 20.2 Å². The number of likely N-dealkylation sites (tertiary alicyclic amines) is 1. The lowest BCUT2D eigenvalue weighted by Crippen LogP contribution is -2.50. The van der Waals surface area contributed by atoms with Crippen LogP contribution in [0.15, 0.2) is 47.5 Å². The minimum Gasteiger partial charge on any atom is -0.363 e. The van der Waals surface area contributed by atoms with Gasteiger partial charge in [0.15, 0.2) is 0 Å². The number of aromatic amines is 1. The Balaban J connectivity index is 1.78. The Morgan fingerprint density at radius 3 is 2.88 bits per heavy atom. The molecule has 0 saturated carbocycles. The summed E-state index contributed by atoms with van der Waals surface area (Å²) >= 11 is 0. The van der Waals surface area contributed by atoms with Crippen molar-refractivity contribution < 1.29 is 4.79 Å². The molecule has 1 aliphatic rings. The van der Waals surface area contributed by atoms with Gasteiger partial charge in [0.2, 0.25) is 5.91 Å². The maximum Gasteiger partial charge on any atom is 0.271 e. The number of piperidine rings is 1. The van der Waals surface area contributed by atoms with Gasteiger partial charge in [-0.2, -0.15) is 0 Å². The van der Waals surface area contributed by atoms with Crippen LogP contribution in [-0.4, -0.2) is 59.0 Å². The maximum atomic E-state index is 12.8. The average Bonchev–Trinajstić information content (AvgIpc) is 2.83. The first kappa shape index (κ1) is 24.7. The molecule has 178 valence electrons. The van der Waals surface area contributed by atoms with E-state index in [-0.39, 0.29) is 17.5 Å². The van der Waals surface area contributed by atoms with Gasteiger partial charge < -0.3 is 20.1 Å². The summed E-state index contributed by atoms with van der Waals surface area (Å²) in [5.41, 5.74) is 3.57. The number of aryl methyl sites for hydroxylation is 1. The minimum absolute atomic E-state index is 0.0350. The highest BCUT2D eigenvalue weighted by Crippen LogP contribution is 2.25. The van der Waals surface area contributed by atoms with Crippen molar-refractivity contribution in [3.05, 3.63) is 58.8 Å². The van der Waals surface area contributed by atoms with Crippen molar-refractivity contribution in [2.75, 3.05) is 31.1 Å². The van der Waals surface area contributed by atoms with Crippen LogP contribution in [-0.2, 0) is 11.2 Å². The van der Waals surface area contributed by atoms with Gasteiger partial charge in [0.05, 0.1) is 0 Å². The monoisotopic (exact) mass is 451 g/mol. The number of carbonyl (C=O) groups is 1. The molecule has 7 nitrogen and oxygen atoms in total. The Morgan fingerprint density at radius 1 is 1.33 bits per heavy atom. The van der Waals surface area contributed by atoms with Gasteiger partial charge in [-0.05, 0) is 49.9 Å². The number of aromatic nitrogens is 2. The number of hydrogen-bond donors (Lipinski definition) is 2. The van der Waals surface area contributed by atoms with Crippen molar-refractivity contribution in [2.24, 2.45) is 0 Å². The van der Waals surface area contributed by atoms with E-state index in [0.29, 0.717) is 31.4 Å². The molecule has 1 aliphatic heterocycles. The molecule has 1 fully saturated rings. The third-order valence-corrected chi connectivity index (χ3v) is 6.10. The summed E-state index contributed by atoms with van der Waals surface area (Å²) in [6.45, 7) is 11.1. The van der Waals surface area contributed by atoms with E-state index >= 15 is 0 Å². The predicted molar refractivity (Wildman–Crippen MR) is 135 cm³/mol. The second-order valence-electron chi connectivity index (χ2n) is 8.82. The molecule has 0 bridgehead atoms. The van der Waals surface area contributed by atoms with Gasteiger partial charge >= 0.3 is 0 Å². The Kier molecular flexibility index (Phi) is 8.83. The quantitative estimate of drug-likeness (QED) is 0.572. The number of hydrogen-bond acceptors (Lipinski definition) is 5. The van der Waals surface area contributed by atoms with Crippen molar-refractivity contribution in [3.8, 4) is 11.1 Å². The third kappa shape index (κ3) is 6.54. The van der Waals surface area contributed by atoms with E-state index in [1.54, 1.807) is 12.3 Å². The van der Waals surface area contributed by atoms with Crippen LogP contribution in [0.2, 0.25) is 0 Å². The first-order valence-corrected chi connectivity index (χ1v) is 12.1. The van der Waals surface area contributed by atoms with Gasteiger partial charge in [0.25, 0.3) is 5.56 Å². The van der Waals surface area contributed by atoms with Crippen LogP contribution in [0.25, 0.3) is 11.1 Å². The number of pyridine rings is 2. The summed E-state index contributed by atoms with van der Waals surface area (Å²) in [5.74, 6) is 0.0350. The standard InChI is InChI=1S/C26H37N5O2/c1-5-22-15-20(11-13-28-22)21-16-24(26(33)29-17-21)31(6-2)23-9-8-14-30(18-23)25(32)10-7-12-27-19(3)4/h7,10-11,13,15-17,19,23,27H,5-6,8-9,12,14,18H2,1-4H3,(H,29,33)/b10-7+. The molecule has 1 atom stereocenters. The Bertz CT molecular complexity index is 1010. The minimum atomic E-state index is -0.103. The summed E-state index contributed by atoms with van der Waals surface area (Å²) in [5, 5.41) is 3.29. The van der Waals surface area contributed by atoms with E-state index in [2.05, 4.69) is 53.9 Å². The first-order chi connectivity index (χ1) is 15.9. The van der Waals surface area contributed by atoms with Gasteiger partial charge in [-0.25, -0.2) is 0 Å². The number of nitrogens with one attached hydrogen (secondary N) is 2. The smallest absolute Gasteiger partial charge is 0.271 e. The fraction of sp³-hybridized carbons (Fsp3) is 0.500. The van der Waals surface area contributed by atoms with Gasteiger partial charge in [-0.15, -0.1) is 0 Å². The van der Waals surface area contributed by atoms with Crippen molar-refractivity contribution in [2.45, 2.75) is 59.0 Å². The van der Waals surface area contributed by atoms with Crippen LogP contribution in [0.3, 0.4) is 0 Å². The van der Waals surface area contributed by atoms with Crippen LogP contribution in [0.5, 0.6) is 0 Å². The molecule has 2 N–H and O–H groups in total. The molecule has 3 rings (SSSR count). The molecule has 0 spiro atoms. The van der Waals surface area contributed by atoms with Crippen LogP contribution >= 0.6 is 0 Å². The SMILES string of the molecule is CCc1cc(-c2c[nH]c(=O)c(N(CC)C3CCCN(C(=O)/C=C/CNC(C)C)C3)c2)ccn1. The molecule has 0 aliphatic carbocycles. The summed E-state index contributed by atoms with van der Waals surface area (Å²) in [7, 11) is 0. The summed E-state index contributed by atoms with van der Waals surface area (Å²) in [4.78, 5) is 36.9. The van der Waals surface area contributed by atoms with E-state index < -0.39 is 0 Å². The van der Waals surface area contributed by atoms with Crippen LogP contribution < -0.4 is 15.8 Å². The molecular formula is C26H37N5O2. The van der Waals surface area contributed by atoms with Gasteiger partial charge in [-0.3, -0.25) is 14.6 Å². The normalized spacial score (nSPS) is 16.5. The Morgan fingerprint density at radius 2 is 2.15 bits per heavy atom. The zero-order chi connectivity index (χ0) is 23.8. The van der Waals surface area contributed by atoms with Crippen LogP contribution in [0.1, 0.15) is 46.2 Å². The molecule has 3 heterocycles. The van der Waals surface area contributed by atoms with E-state index in [1.165, 1.54) is 0 Å². The fourth-order valence-corrected chi connectivity index (χ4v) is 4.31. The largest absolute Gasteiger partial charge is 0.363 e. The molecule has 33 heavy (non-hydrogen) atoms. The zero-order valence-electron chi connectivity index (χ0n) is 20.3. The highest BCUT2D eigenvalue weighted by Gasteiger charge is 2.28. The zero-order valence-corrected chi connectivity index (χ0v) is 20.3. The molecule has 0 aromatic carbocycles. The molecule has 0 radical (unpaired) electrons. The lowest BCUT2D eigenvalue weighted by molar-refractivity contribution is -0.127. The summed E-state index contributed by atoms with van der Waals surface area (Å²) in [6, 6.07) is 6.49. The van der Waals surface area contributed by atoms with E-state index in [9.17, 15) is 9.59 Å². The molecule has 1 saturated heterocycles. The number of likely N-dealkylation sites (N-methyl/N-ethyl adjacent to an activating group) is 1. The van der Waals surface area contributed by atoms with Gasteiger partial charge in [0, 0.05) is 68.0 Å². The number of rotatable bonds is 9. The number of carbonyl (C=O) groups excluding carboxylic acids is 1. The number of amides is 1. The molecule has 1 unspecified atom stereocenters. The predicted octanol–water partition coefficient (Wildman–Crippen LogP) is 3.37. The third-order valence-electron chi connectivity index (χ3n) is 6.10. The lowest BCUT2D eigenvalue weighted by Gasteiger charge is -2.39. The fourth-order valence-electron chi connectivity index (χ4n) is 4.31. The van der Waals surface area contributed by atoms with E-state index in [0.717, 1.165) is 42.6 Å². The Labute approximate surface area is 196 Å². The second kappa shape index (κ2) is 11.8. The van der Waals surface area contributed by atoms with Crippen LogP contribution in [0.4, 0.5) is 5.69 Å². The number of nitrogens with zero attached hydrogens (tertiary/aromatic N) is 3.